The fourth-order valence-electron chi connectivity index (χ4n) is 2.62. The molecule has 1 aliphatic rings. The van der Waals surface area contributed by atoms with E-state index in [1.807, 2.05) is 18.2 Å². The molecule has 0 aromatic heterocycles. The summed E-state index contributed by atoms with van der Waals surface area (Å²) in [5.41, 5.74) is 1.78. The van der Waals surface area contributed by atoms with Crippen molar-refractivity contribution in [2.75, 3.05) is 25.9 Å². The van der Waals surface area contributed by atoms with Gasteiger partial charge in [0.1, 0.15) is 0 Å². The predicted molar refractivity (Wildman–Crippen MR) is 82.0 cm³/mol. The Hall–Kier alpha value is -1.42. The highest BCUT2D eigenvalue weighted by atomic mass is 32.2. The number of hydrogen-bond donors (Lipinski definition) is 1. The Bertz CT molecular complexity index is 614. The molecule has 114 valence electrons. The molecular formula is C15H21N3O2S. The lowest BCUT2D eigenvalue weighted by Crippen LogP contribution is -2.40. The average molecular weight is 307 g/mol. The summed E-state index contributed by atoms with van der Waals surface area (Å²) in [5, 5.41) is 12.3. The van der Waals surface area contributed by atoms with Crippen molar-refractivity contribution >= 4 is 10.0 Å². The standard InChI is InChI=1S/C15H21N3O2S/c1-21(19,20)18-7-5-13(6-8-18)11-17-12-15-4-2-3-14(9-15)10-16/h2-4,9,13,17H,5-8,11-12H2,1H3. The van der Waals surface area contributed by atoms with E-state index in [1.165, 1.54) is 6.26 Å². The molecule has 1 aliphatic heterocycles. The van der Waals surface area contributed by atoms with Gasteiger partial charge < -0.3 is 5.32 Å². The zero-order chi connectivity index (χ0) is 15.3. The van der Waals surface area contributed by atoms with Gasteiger partial charge in [-0.15, -0.1) is 0 Å². The van der Waals surface area contributed by atoms with Crippen molar-refractivity contribution in [1.29, 1.82) is 5.26 Å². The highest BCUT2D eigenvalue weighted by molar-refractivity contribution is 7.88. The van der Waals surface area contributed by atoms with Crippen LogP contribution >= 0.6 is 0 Å². The molecule has 0 saturated carbocycles. The van der Waals surface area contributed by atoms with Crippen molar-refractivity contribution in [3.63, 3.8) is 0 Å². The van der Waals surface area contributed by atoms with Gasteiger partial charge in [-0.2, -0.15) is 5.26 Å². The lowest BCUT2D eigenvalue weighted by Gasteiger charge is -2.30. The van der Waals surface area contributed by atoms with Crippen molar-refractivity contribution < 1.29 is 8.42 Å². The van der Waals surface area contributed by atoms with Crippen LogP contribution < -0.4 is 5.32 Å². The number of nitrogens with one attached hydrogen (secondary N) is 1. The molecule has 1 fully saturated rings. The smallest absolute Gasteiger partial charge is 0.211 e. The van der Waals surface area contributed by atoms with Crippen molar-refractivity contribution in [3.8, 4) is 6.07 Å². The normalized spacial score (nSPS) is 17.5. The molecule has 1 aromatic carbocycles. The SMILES string of the molecule is CS(=O)(=O)N1CCC(CNCc2cccc(C#N)c2)CC1. The van der Waals surface area contributed by atoms with Gasteiger partial charge in [-0.05, 0) is 43.0 Å². The second-order valence-electron chi connectivity index (χ2n) is 5.55. The van der Waals surface area contributed by atoms with Gasteiger partial charge in [0.2, 0.25) is 10.0 Å². The molecule has 0 unspecified atom stereocenters. The second kappa shape index (κ2) is 7.03. The fourth-order valence-corrected chi connectivity index (χ4v) is 3.49. The van der Waals surface area contributed by atoms with Crippen LogP contribution in [0, 0.1) is 17.2 Å². The van der Waals surface area contributed by atoms with E-state index in [9.17, 15) is 8.42 Å². The summed E-state index contributed by atoms with van der Waals surface area (Å²) < 4.78 is 24.4. The highest BCUT2D eigenvalue weighted by Crippen LogP contribution is 2.18. The van der Waals surface area contributed by atoms with Gasteiger partial charge in [0, 0.05) is 19.6 Å². The topological polar surface area (TPSA) is 73.2 Å². The van der Waals surface area contributed by atoms with E-state index in [1.54, 1.807) is 10.4 Å². The molecule has 5 nitrogen and oxygen atoms in total. The number of nitriles is 1. The molecule has 1 aromatic rings. The van der Waals surface area contributed by atoms with Gasteiger partial charge in [0.15, 0.2) is 0 Å². The van der Waals surface area contributed by atoms with Crippen LogP contribution in [0.15, 0.2) is 24.3 Å². The summed E-state index contributed by atoms with van der Waals surface area (Å²) in [5.74, 6) is 0.516. The van der Waals surface area contributed by atoms with E-state index < -0.39 is 10.0 Å². The Morgan fingerprint density at radius 3 is 2.71 bits per heavy atom. The van der Waals surface area contributed by atoms with Gasteiger partial charge >= 0.3 is 0 Å². The Morgan fingerprint density at radius 2 is 2.10 bits per heavy atom. The number of benzene rings is 1. The van der Waals surface area contributed by atoms with Crippen LogP contribution in [0.25, 0.3) is 0 Å². The molecule has 0 spiro atoms. The summed E-state index contributed by atoms with van der Waals surface area (Å²) in [6, 6.07) is 9.71. The molecule has 0 bridgehead atoms. The quantitative estimate of drug-likeness (QED) is 0.890. The predicted octanol–water partition coefficient (Wildman–Crippen LogP) is 1.32. The largest absolute Gasteiger partial charge is 0.312 e. The number of rotatable bonds is 5. The Kier molecular flexibility index (Phi) is 5.34. The molecule has 1 heterocycles. The first kappa shape index (κ1) is 16.0. The molecule has 21 heavy (non-hydrogen) atoms. The van der Waals surface area contributed by atoms with E-state index in [-0.39, 0.29) is 0 Å². The van der Waals surface area contributed by atoms with Crippen molar-refractivity contribution in [2.24, 2.45) is 5.92 Å². The maximum atomic E-state index is 11.4. The molecule has 0 amide bonds. The third kappa shape index (κ3) is 4.81. The van der Waals surface area contributed by atoms with Gasteiger partial charge in [-0.25, -0.2) is 12.7 Å². The van der Waals surface area contributed by atoms with Gasteiger partial charge in [0.25, 0.3) is 0 Å². The fraction of sp³-hybridized carbons (Fsp3) is 0.533. The van der Waals surface area contributed by atoms with Gasteiger partial charge in [-0.3, -0.25) is 0 Å². The highest BCUT2D eigenvalue weighted by Gasteiger charge is 2.24. The summed E-state index contributed by atoms with van der Waals surface area (Å²) in [6.45, 7) is 2.86. The first-order valence-corrected chi connectivity index (χ1v) is 8.99. The second-order valence-corrected chi connectivity index (χ2v) is 7.53. The lowest BCUT2D eigenvalue weighted by atomic mass is 9.98. The molecule has 6 heteroatoms. The van der Waals surface area contributed by atoms with Crippen LogP contribution in [-0.2, 0) is 16.6 Å². The molecule has 2 rings (SSSR count). The van der Waals surface area contributed by atoms with Crippen molar-refractivity contribution in [2.45, 2.75) is 19.4 Å². The van der Waals surface area contributed by atoms with Crippen molar-refractivity contribution in [1.82, 2.24) is 9.62 Å². The van der Waals surface area contributed by atoms with E-state index in [0.717, 1.165) is 31.5 Å². The first-order valence-electron chi connectivity index (χ1n) is 7.14. The monoisotopic (exact) mass is 307 g/mol. The third-order valence-corrected chi connectivity index (χ3v) is 5.16. The molecule has 0 radical (unpaired) electrons. The minimum atomic E-state index is -3.04. The van der Waals surface area contributed by atoms with Crippen LogP contribution in [0.3, 0.4) is 0 Å². The summed E-state index contributed by atoms with van der Waals surface area (Å²) >= 11 is 0. The number of sulfonamides is 1. The van der Waals surface area contributed by atoms with Crippen LogP contribution in [0.2, 0.25) is 0 Å². The molecule has 0 atom stereocenters. The first-order chi connectivity index (χ1) is 9.99. The van der Waals surface area contributed by atoms with E-state index in [0.29, 0.717) is 24.6 Å². The Labute approximate surface area is 126 Å². The molecule has 1 saturated heterocycles. The van der Waals surface area contributed by atoms with Crippen molar-refractivity contribution in [3.05, 3.63) is 35.4 Å². The van der Waals surface area contributed by atoms with E-state index in [4.69, 9.17) is 5.26 Å². The minimum Gasteiger partial charge on any atom is -0.312 e. The van der Waals surface area contributed by atoms with Crippen LogP contribution in [-0.4, -0.2) is 38.6 Å². The summed E-state index contributed by atoms with van der Waals surface area (Å²) in [4.78, 5) is 0. The number of hydrogen-bond acceptors (Lipinski definition) is 4. The van der Waals surface area contributed by atoms with Gasteiger partial charge in [-0.1, -0.05) is 12.1 Å². The lowest BCUT2D eigenvalue weighted by molar-refractivity contribution is 0.268. The molecule has 1 N–H and O–H groups in total. The maximum absolute atomic E-state index is 11.4. The van der Waals surface area contributed by atoms with Crippen LogP contribution in [0.1, 0.15) is 24.0 Å². The average Bonchev–Trinajstić information content (AvgIpc) is 2.47. The molecular weight excluding hydrogens is 286 g/mol. The number of piperidine rings is 1. The molecule has 0 aliphatic carbocycles. The zero-order valence-electron chi connectivity index (χ0n) is 12.2. The third-order valence-electron chi connectivity index (χ3n) is 3.86. The van der Waals surface area contributed by atoms with Gasteiger partial charge in [0.05, 0.1) is 17.9 Å². The summed E-state index contributed by atoms with van der Waals surface area (Å²) in [6.07, 6.45) is 3.07. The summed E-state index contributed by atoms with van der Waals surface area (Å²) in [7, 11) is -3.04. The minimum absolute atomic E-state index is 0.516. The van der Waals surface area contributed by atoms with E-state index >= 15 is 0 Å². The van der Waals surface area contributed by atoms with E-state index in [2.05, 4.69) is 11.4 Å². The van der Waals surface area contributed by atoms with Crippen LogP contribution in [0.5, 0.6) is 0 Å². The number of nitrogens with zero attached hydrogens (tertiary/aromatic N) is 2. The van der Waals surface area contributed by atoms with Crippen LogP contribution in [0.4, 0.5) is 0 Å². The Morgan fingerprint density at radius 1 is 1.38 bits per heavy atom. The maximum Gasteiger partial charge on any atom is 0.211 e. The zero-order valence-corrected chi connectivity index (χ0v) is 13.1. The Balaban J connectivity index is 1.74.